The molecule has 0 aromatic carbocycles. The van der Waals surface area contributed by atoms with Crippen molar-refractivity contribution in [2.24, 2.45) is 0 Å². The van der Waals surface area contributed by atoms with Crippen molar-refractivity contribution in [2.75, 3.05) is 5.75 Å². The normalized spacial score (nSPS) is 10.8. The smallest absolute Gasteiger partial charge is 0.343 e. The second-order valence-electron chi connectivity index (χ2n) is 3.03. The molecule has 2 aromatic rings. The number of carboxylic acid groups (broad SMARTS) is 1. The number of hydrogen-bond acceptors (Lipinski definition) is 4. The average Bonchev–Trinajstić information content (AvgIpc) is 2.62. The third-order valence-electron chi connectivity index (χ3n) is 2.00. The van der Waals surface area contributed by atoms with Crippen molar-refractivity contribution in [3.63, 3.8) is 0 Å². The summed E-state index contributed by atoms with van der Waals surface area (Å²) in [5.41, 5.74) is -0.515. The number of carbonyl (C=O) groups is 1. The van der Waals surface area contributed by atoms with E-state index in [9.17, 15) is 9.59 Å². The molecule has 2 aromatic heterocycles. The van der Waals surface area contributed by atoms with Crippen LogP contribution in [0.3, 0.4) is 0 Å². The second-order valence-corrected chi connectivity index (χ2v) is 4.34. The zero-order chi connectivity index (χ0) is 11.7. The predicted octanol–water partition coefficient (Wildman–Crippen LogP) is 0.833. The summed E-state index contributed by atoms with van der Waals surface area (Å²) in [6.07, 6.45) is 1.08. The van der Waals surface area contributed by atoms with E-state index in [1.54, 1.807) is 6.07 Å². The van der Waals surface area contributed by atoms with Crippen LogP contribution in [-0.4, -0.2) is 31.4 Å². The van der Waals surface area contributed by atoms with Gasteiger partial charge in [-0.15, -0.1) is 11.8 Å². The second kappa shape index (κ2) is 4.01. The van der Waals surface area contributed by atoms with Crippen LogP contribution >= 0.6 is 11.8 Å². The van der Waals surface area contributed by atoms with Crippen LogP contribution < -0.4 is 5.56 Å². The van der Waals surface area contributed by atoms with E-state index in [0.29, 0.717) is 5.65 Å². The molecule has 0 aliphatic heterocycles. The molecule has 2 heterocycles. The number of H-pyrrole nitrogens is 1. The molecule has 0 aliphatic carbocycles. The van der Waals surface area contributed by atoms with Crippen LogP contribution in [0.25, 0.3) is 5.65 Å². The van der Waals surface area contributed by atoms with Gasteiger partial charge in [-0.05, 0) is 5.75 Å². The first-order chi connectivity index (χ1) is 7.63. The number of hydrogen-bond donors (Lipinski definition) is 2. The van der Waals surface area contributed by atoms with Gasteiger partial charge < -0.3 is 5.11 Å². The molecule has 84 valence electrons. The third kappa shape index (κ3) is 1.69. The first-order valence-corrected chi connectivity index (χ1v) is 5.59. The highest BCUT2D eigenvalue weighted by molar-refractivity contribution is 7.99. The van der Waals surface area contributed by atoms with Gasteiger partial charge in [0.05, 0.1) is 5.03 Å². The Bertz CT molecular complexity index is 602. The van der Waals surface area contributed by atoms with Crippen molar-refractivity contribution in [3.8, 4) is 0 Å². The lowest BCUT2D eigenvalue weighted by atomic mass is 10.3. The Morgan fingerprint density at radius 2 is 2.44 bits per heavy atom. The number of fused-ring (bicyclic) bond motifs is 1. The van der Waals surface area contributed by atoms with Crippen LogP contribution in [0.1, 0.15) is 17.3 Å². The number of nitrogens with zero attached hydrogens (tertiary/aromatic N) is 2. The molecule has 0 fully saturated rings. The van der Waals surface area contributed by atoms with Crippen LogP contribution in [0.15, 0.2) is 22.1 Å². The number of aromatic amines is 1. The summed E-state index contributed by atoms with van der Waals surface area (Å²) in [5, 5.41) is 12.4. The van der Waals surface area contributed by atoms with E-state index in [0.717, 1.165) is 21.5 Å². The Hall–Kier alpha value is -1.76. The zero-order valence-electron chi connectivity index (χ0n) is 8.43. The van der Waals surface area contributed by atoms with Gasteiger partial charge in [-0.25, -0.2) is 9.78 Å². The number of thioether (sulfide) groups is 1. The average molecular weight is 239 g/mol. The lowest BCUT2D eigenvalue weighted by molar-refractivity contribution is 0.0694. The third-order valence-corrected chi connectivity index (χ3v) is 2.81. The van der Waals surface area contributed by atoms with E-state index in [-0.39, 0.29) is 5.56 Å². The molecule has 0 unspecified atom stereocenters. The molecular formula is C9H9N3O3S. The maximum Gasteiger partial charge on any atom is 0.343 e. The van der Waals surface area contributed by atoms with Crippen molar-refractivity contribution >= 4 is 23.4 Å². The van der Waals surface area contributed by atoms with Crippen LogP contribution in [0.5, 0.6) is 0 Å². The first-order valence-electron chi connectivity index (χ1n) is 4.60. The Kier molecular flexibility index (Phi) is 2.69. The van der Waals surface area contributed by atoms with Crippen molar-refractivity contribution in [2.45, 2.75) is 11.9 Å². The van der Waals surface area contributed by atoms with E-state index in [1.165, 1.54) is 11.8 Å². The van der Waals surface area contributed by atoms with Crippen molar-refractivity contribution in [1.82, 2.24) is 14.6 Å². The number of nitrogens with one attached hydrogen (secondary N) is 1. The Morgan fingerprint density at radius 3 is 3.06 bits per heavy atom. The van der Waals surface area contributed by atoms with Crippen molar-refractivity contribution in [1.29, 1.82) is 0 Å². The molecule has 6 nitrogen and oxygen atoms in total. The minimum absolute atomic E-state index is 0.340. The Morgan fingerprint density at radius 1 is 1.69 bits per heavy atom. The molecular weight excluding hydrogens is 230 g/mol. The number of rotatable bonds is 3. The number of aromatic carboxylic acids is 1. The summed E-state index contributed by atoms with van der Waals surface area (Å²) in [7, 11) is 0. The van der Waals surface area contributed by atoms with Crippen LogP contribution in [0, 0.1) is 0 Å². The Balaban J connectivity index is 2.65. The molecule has 0 aliphatic rings. The van der Waals surface area contributed by atoms with E-state index in [2.05, 4.69) is 10.1 Å². The predicted molar refractivity (Wildman–Crippen MR) is 59.2 cm³/mol. The number of carboxylic acids is 1. The van der Waals surface area contributed by atoms with Gasteiger partial charge in [0, 0.05) is 12.3 Å². The van der Waals surface area contributed by atoms with Gasteiger partial charge in [0.25, 0.3) is 5.56 Å². The molecule has 2 N–H and O–H groups in total. The van der Waals surface area contributed by atoms with Crippen molar-refractivity contribution < 1.29 is 9.90 Å². The SMILES string of the molecule is CCSc1cc2ncc(C(=O)O)c(=O)n2[nH]1. The lowest BCUT2D eigenvalue weighted by Crippen LogP contribution is -2.22. The molecule has 0 radical (unpaired) electrons. The highest BCUT2D eigenvalue weighted by Gasteiger charge is 2.13. The summed E-state index contributed by atoms with van der Waals surface area (Å²) in [6, 6.07) is 1.71. The monoisotopic (exact) mass is 239 g/mol. The largest absolute Gasteiger partial charge is 0.477 e. The summed E-state index contributed by atoms with van der Waals surface area (Å²) in [6.45, 7) is 1.98. The van der Waals surface area contributed by atoms with Crippen LogP contribution in [0.4, 0.5) is 0 Å². The lowest BCUT2D eigenvalue weighted by Gasteiger charge is -1.94. The summed E-state index contributed by atoms with van der Waals surface area (Å²) in [4.78, 5) is 26.3. The maximum atomic E-state index is 11.7. The fourth-order valence-electron chi connectivity index (χ4n) is 1.31. The topological polar surface area (TPSA) is 87.5 Å². The fourth-order valence-corrected chi connectivity index (χ4v) is 1.97. The van der Waals surface area contributed by atoms with Gasteiger partial charge in [0.1, 0.15) is 5.56 Å². The molecule has 0 atom stereocenters. The quantitative estimate of drug-likeness (QED) is 0.775. The van der Waals surface area contributed by atoms with E-state index in [1.807, 2.05) is 6.92 Å². The highest BCUT2D eigenvalue weighted by atomic mass is 32.2. The molecule has 0 bridgehead atoms. The van der Waals surface area contributed by atoms with E-state index < -0.39 is 11.5 Å². The summed E-state index contributed by atoms with van der Waals surface area (Å²) in [5.74, 6) is -0.418. The van der Waals surface area contributed by atoms with Gasteiger partial charge in [-0.3, -0.25) is 9.89 Å². The molecule has 0 saturated carbocycles. The molecule has 0 spiro atoms. The van der Waals surface area contributed by atoms with Gasteiger partial charge in [-0.2, -0.15) is 4.52 Å². The minimum Gasteiger partial charge on any atom is -0.477 e. The molecule has 2 rings (SSSR count). The van der Waals surface area contributed by atoms with Gasteiger partial charge >= 0.3 is 5.97 Å². The zero-order valence-corrected chi connectivity index (χ0v) is 9.24. The maximum absolute atomic E-state index is 11.7. The van der Waals surface area contributed by atoms with E-state index >= 15 is 0 Å². The van der Waals surface area contributed by atoms with Gasteiger partial charge in [0.2, 0.25) is 0 Å². The molecule has 7 heteroatoms. The summed E-state index contributed by atoms with van der Waals surface area (Å²) >= 11 is 1.52. The fraction of sp³-hybridized carbons (Fsp3) is 0.222. The van der Waals surface area contributed by atoms with Gasteiger partial charge in [-0.1, -0.05) is 6.92 Å². The number of aromatic nitrogens is 3. The molecule has 16 heavy (non-hydrogen) atoms. The molecule has 0 amide bonds. The van der Waals surface area contributed by atoms with Crippen molar-refractivity contribution in [3.05, 3.63) is 28.2 Å². The van der Waals surface area contributed by atoms with E-state index in [4.69, 9.17) is 5.11 Å². The minimum atomic E-state index is -1.27. The molecule has 0 saturated heterocycles. The standard InChI is InChI=1S/C9H9N3O3S/c1-2-16-7-3-6-10-4-5(9(14)15)8(13)12(6)11-7/h3-4,11H,2H2,1H3,(H,14,15). The first kappa shape index (κ1) is 10.7. The Labute approximate surface area is 94.3 Å². The van der Waals surface area contributed by atoms with Crippen LogP contribution in [0.2, 0.25) is 0 Å². The van der Waals surface area contributed by atoms with Crippen LogP contribution in [-0.2, 0) is 0 Å². The van der Waals surface area contributed by atoms with Gasteiger partial charge in [0.15, 0.2) is 5.65 Å². The summed E-state index contributed by atoms with van der Waals surface area (Å²) < 4.78 is 1.14. The highest BCUT2D eigenvalue weighted by Crippen LogP contribution is 2.15.